The van der Waals surface area contributed by atoms with Crippen LogP contribution in [0, 0.1) is 0 Å². The minimum atomic E-state index is -0.932. The Morgan fingerprint density at radius 1 is 1.61 bits per heavy atom. The fraction of sp³-hybridized carbons (Fsp3) is 0.364. The molecule has 1 amide bonds. The van der Waals surface area contributed by atoms with E-state index >= 15 is 0 Å². The van der Waals surface area contributed by atoms with Gasteiger partial charge in [-0.1, -0.05) is 0 Å². The summed E-state index contributed by atoms with van der Waals surface area (Å²) >= 11 is 3.31. The van der Waals surface area contributed by atoms with Crippen LogP contribution in [0.2, 0.25) is 0 Å². The number of carbonyl (C=O) groups is 2. The molecule has 0 spiro atoms. The average Bonchev–Trinajstić information content (AvgIpc) is 2.28. The Balaban J connectivity index is 2.13. The summed E-state index contributed by atoms with van der Waals surface area (Å²) in [4.78, 5) is 28.1. The molecule has 96 valence electrons. The van der Waals surface area contributed by atoms with Crippen LogP contribution in [0.5, 0.6) is 0 Å². The molecule has 1 atom stereocenters. The Bertz CT molecular complexity index is 480. The minimum Gasteiger partial charge on any atom is -0.480 e. The van der Waals surface area contributed by atoms with E-state index in [0.717, 1.165) is 10.0 Å². The number of hydrogen-bond acceptors (Lipinski definition) is 4. The molecule has 0 saturated carbocycles. The first-order valence-electron chi connectivity index (χ1n) is 5.39. The molecule has 1 aromatic rings. The molecule has 1 unspecified atom stereocenters. The van der Waals surface area contributed by atoms with E-state index in [-0.39, 0.29) is 19.0 Å². The largest absolute Gasteiger partial charge is 0.480 e. The molecule has 2 heterocycles. The van der Waals surface area contributed by atoms with Crippen LogP contribution in [0.4, 0.5) is 0 Å². The van der Waals surface area contributed by atoms with Crippen molar-refractivity contribution in [3.05, 3.63) is 28.5 Å². The van der Waals surface area contributed by atoms with E-state index in [1.54, 1.807) is 17.3 Å². The Morgan fingerprint density at radius 3 is 3.06 bits per heavy atom. The van der Waals surface area contributed by atoms with Gasteiger partial charge in [0, 0.05) is 30.0 Å². The lowest BCUT2D eigenvalue weighted by atomic mass is 10.1. The maximum atomic E-state index is 11.3. The number of carboxylic acid groups (broad SMARTS) is 1. The standard InChI is InChI=1S/C11H12BrN3O3/c12-8-1-7(2-13-3-8)5-15-6-10(16)14-4-9(15)11(17)18/h1-3,9H,4-6H2,(H,14,16)(H,17,18). The lowest BCUT2D eigenvalue weighted by Gasteiger charge is -2.32. The van der Waals surface area contributed by atoms with Crippen LogP contribution in [-0.2, 0) is 16.1 Å². The molecule has 0 aliphatic carbocycles. The second kappa shape index (κ2) is 5.45. The third-order valence-corrected chi connectivity index (χ3v) is 3.15. The highest BCUT2D eigenvalue weighted by molar-refractivity contribution is 9.10. The molecule has 0 bridgehead atoms. The van der Waals surface area contributed by atoms with Crippen molar-refractivity contribution in [2.24, 2.45) is 0 Å². The molecule has 1 fully saturated rings. The monoisotopic (exact) mass is 313 g/mol. The Hall–Kier alpha value is -1.47. The van der Waals surface area contributed by atoms with Crippen LogP contribution in [0.15, 0.2) is 22.9 Å². The molecule has 1 aliphatic rings. The van der Waals surface area contributed by atoms with E-state index in [1.807, 2.05) is 6.07 Å². The van der Waals surface area contributed by atoms with Crippen LogP contribution < -0.4 is 5.32 Å². The quantitative estimate of drug-likeness (QED) is 0.834. The third-order valence-electron chi connectivity index (χ3n) is 2.71. The number of halogens is 1. The molecule has 1 aromatic heterocycles. The van der Waals surface area contributed by atoms with Crippen molar-refractivity contribution in [1.29, 1.82) is 0 Å². The summed E-state index contributed by atoms with van der Waals surface area (Å²) in [7, 11) is 0. The number of aromatic nitrogens is 1. The van der Waals surface area contributed by atoms with Gasteiger partial charge in [0.15, 0.2) is 0 Å². The predicted octanol–water partition coefficient (Wildman–Crippen LogP) is 0.229. The van der Waals surface area contributed by atoms with E-state index in [1.165, 1.54) is 0 Å². The van der Waals surface area contributed by atoms with Gasteiger partial charge in [-0.25, -0.2) is 0 Å². The van der Waals surface area contributed by atoms with Gasteiger partial charge in [-0.2, -0.15) is 0 Å². The number of rotatable bonds is 3. The van der Waals surface area contributed by atoms with Crippen molar-refractivity contribution < 1.29 is 14.7 Å². The van der Waals surface area contributed by atoms with Crippen molar-refractivity contribution in [3.8, 4) is 0 Å². The van der Waals surface area contributed by atoms with E-state index in [2.05, 4.69) is 26.2 Å². The Kier molecular flexibility index (Phi) is 3.93. The van der Waals surface area contributed by atoms with Crippen molar-refractivity contribution in [1.82, 2.24) is 15.2 Å². The van der Waals surface area contributed by atoms with Crippen LogP contribution in [0.25, 0.3) is 0 Å². The Labute approximate surface area is 112 Å². The first-order chi connectivity index (χ1) is 8.56. The average molecular weight is 314 g/mol. The number of carboxylic acids is 1. The third kappa shape index (κ3) is 3.05. The smallest absolute Gasteiger partial charge is 0.322 e. The van der Waals surface area contributed by atoms with E-state index in [0.29, 0.717) is 6.54 Å². The number of amides is 1. The first-order valence-corrected chi connectivity index (χ1v) is 6.18. The molecular formula is C11H12BrN3O3. The van der Waals surface area contributed by atoms with Crippen molar-refractivity contribution >= 4 is 27.8 Å². The van der Waals surface area contributed by atoms with Gasteiger partial charge in [0.05, 0.1) is 6.54 Å². The fourth-order valence-corrected chi connectivity index (χ4v) is 2.29. The van der Waals surface area contributed by atoms with Gasteiger partial charge < -0.3 is 10.4 Å². The highest BCUT2D eigenvalue weighted by Crippen LogP contribution is 2.14. The minimum absolute atomic E-state index is 0.0868. The molecule has 2 rings (SSSR count). The summed E-state index contributed by atoms with van der Waals surface area (Å²) in [5, 5.41) is 11.7. The molecular weight excluding hydrogens is 302 g/mol. The van der Waals surface area contributed by atoms with Crippen LogP contribution in [-0.4, -0.2) is 46.0 Å². The molecule has 18 heavy (non-hydrogen) atoms. The van der Waals surface area contributed by atoms with Gasteiger partial charge in [0.1, 0.15) is 6.04 Å². The van der Waals surface area contributed by atoms with E-state index in [4.69, 9.17) is 5.11 Å². The van der Waals surface area contributed by atoms with Crippen molar-refractivity contribution in [2.45, 2.75) is 12.6 Å². The van der Waals surface area contributed by atoms with Crippen LogP contribution >= 0.6 is 15.9 Å². The maximum Gasteiger partial charge on any atom is 0.322 e. The van der Waals surface area contributed by atoms with Gasteiger partial charge in [-0.3, -0.25) is 19.5 Å². The second-order valence-electron chi connectivity index (χ2n) is 4.07. The maximum absolute atomic E-state index is 11.3. The molecule has 7 heteroatoms. The van der Waals surface area contributed by atoms with Crippen molar-refractivity contribution in [2.75, 3.05) is 13.1 Å². The molecule has 2 N–H and O–H groups in total. The number of aliphatic carboxylic acids is 1. The lowest BCUT2D eigenvalue weighted by molar-refractivity contribution is -0.146. The zero-order chi connectivity index (χ0) is 13.1. The fourth-order valence-electron chi connectivity index (χ4n) is 1.88. The number of hydrogen-bond donors (Lipinski definition) is 2. The topological polar surface area (TPSA) is 82.5 Å². The van der Waals surface area contributed by atoms with Gasteiger partial charge >= 0.3 is 5.97 Å². The second-order valence-corrected chi connectivity index (χ2v) is 4.99. The van der Waals surface area contributed by atoms with Gasteiger partial charge in [0.25, 0.3) is 0 Å². The zero-order valence-electron chi connectivity index (χ0n) is 9.47. The lowest BCUT2D eigenvalue weighted by Crippen LogP contribution is -2.56. The number of nitrogens with one attached hydrogen (secondary N) is 1. The molecule has 1 saturated heterocycles. The molecule has 0 radical (unpaired) electrons. The summed E-state index contributed by atoms with van der Waals surface area (Å²) in [6.45, 7) is 0.607. The zero-order valence-corrected chi connectivity index (χ0v) is 11.1. The van der Waals surface area contributed by atoms with Gasteiger partial charge in [0.2, 0.25) is 5.91 Å². The van der Waals surface area contributed by atoms with E-state index < -0.39 is 12.0 Å². The van der Waals surface area contributed by atoms with Gasteiger partial charge in [-0.05, 0) is 27.6 Å². The number of carbonyl (C=O) groups excluding carboxylic acids is 1. The molecule has 6 nitrogen and oxygen atoms in total. The first kappa shape index (κ1) is 13.0. The van der Waals surface area contributed by atoms with Crippen LogP contribution in [0.1, 0.15) is 5.56 Å². The molecule has 0 aromatic carbocycles. The van der Waals surface area contributed by atoms with Crippen molar-refractivity contribution in [3.63, 3.8) is 0 Å². The highest BCUT2D eigenvalue weighted by Gasteiger charge is 2.31. The number of nitrogens with zero attached hydrogens (tertiary/aromatic N) is 2. The molecule has 1 aliphatic heterocycles. The highest BCUT2D eigenvalue weighted by atomic mass is 79.9. The van der Waals surface area contributed by atoms with Crippen LogP contribution in [0.3, 0.4) is 0 Å². The summed E-state index contributed by atoms with van der Waals surface area (Å²) in [5.74, 6) is -1.09. The summed E-state index contributed by atoms with van der Waals surface area (Å²) in [5.41, 5.74) is 0.866. The number of pyridine rings is 1. The summed E-state index contributed by atoms with van der Waals surface area (Å²) in [6.07, 6.45) is 3.32. The summed E-state index contributed by atoms with van der Waals surface area (Å²) in [6, 6.07) is 1.17. The van der Waals surface area contributed by atoms with E-state index in [9.17, 15) is 9.59 Å². The normalized spacial score (nSPS) is 20.5. The number of piperazine rings is 1. The summed E-state index contributed by atoms with van der Waals surface area (Å²) < 4.78 is 0.827. The Morgan fingerprint density at radius 2 is 2.39 bits per heavy atom. The predicted molar refractivity (Wildman–Crippen MR) is 66.8 cm³/mol. The SMILES string of the molecule is O=C1CN(Cc2cncc(Br)c2)C(C(=O)O)CN1. The van der Waals surface area contributed by atoms with Gasteiger partial charge in [-0.15, -0.1) is 0 Å².